The van der Waals surface area contributed by atoms with Crippen molar-refractivity contribution in [3.63, 3.8) is 0 Å². The molecule has 0 amide bonds. The molecule has 0 aliphatic carbocycles. The number of aliphatic hydroxyl groups excluding tert-OH is 7. The second-order valence-corrected chi connectivity index (χ2v) is 16.2. The molecule has 0 aromatic carbocycles. The molecule has 2 fully saturated rings. The van der Waals surface area contributed by atoms with Gasteiger partial charge in [0, 0.05) is 12.8 Å². The third kappa shape index (κ3) is 22.2. The van der Waals surface area contributed by atoms with Crippen LogP contribution in [0.4, 0.5) is 0 Å². The highest BCUT2D eigenvalue weighted by atomic mass is 16.7. The zero-order valence-corrected chi connectivity index (χ0v) is 36.0. The van der Waals surface area contributed by atoms with Gasteiger partial charge in [0.1, 0.15) is 55.4 Å². The van der Waals surface area contributed by atoms with Crippen molar-refractivity contribution in [2.75, 3.05) is 26.4 Å². The summed E-state index contributed by atoms with van der Waals surface area (Å²) in [7, 11) is 0. The van der Waals surface area contributed by atoms with Gasteiger partial charge in [-0.1, -0.05) is 122 Å². The summed E-state index contributed by atoms with van der Waals surface area (Å²) in [6.07, 6.45) is 11.3. The Hall–Kier alpha value is -1.76. The van der Waals surface area contributed by atoms with E-state index in [-0.39, 0.29) is 26.1 Å². The Balaban J connectivity index is 1.83. The molecule has 0 saturated carbocycles. The number of carbonyl (C=O) groups excluding carboxylic acids is 2. The third-order valence-electron chi connectivity index (χ3n) is 11.0. The van der Waals surface area contributed by atoms with Crippen molar-refractivity contribution in [1.29, 1.82) is 0 Å². The maximum absolute atomic E-state index is 12.8. The quantitative estimate of drug-likeness (QED) is 0.0266. The van der Waals surface area contributed by atoms with Crippen LogP contribution >= 0.6 is 0 Å². The highest BCUT2D eigenvalue weighted by Crippen LogP contribution is 2.26. The topological polar surface area (TPSA) is 231 Å². The second kappa shape index (κ2) is 32.9. The van der Waals surface area contributed by atoms with E-state index < -0.39 is 92.7 Å². The minimum Gasteiger partial charge on any atom is -0.462 e. The summed E-state index contributed by atoms with van der Waals surface area (Å²) in [6, 6.07) is 0. The monoisotopic (exact) mass is 849 g/mol. The molecule has 59 heavy (non-hydrogen) atoms. The molecule has 0 aromatic heterocycles. The first kappa shape index (κ1) is 53.4. The number of ether oxygens (including phenoxy) is 6. The first-order chi connectivity index (χ1) is 28.5. The Kier molecular flexibility index (Phi) is 29.8. The van der Waals surface area contributed by atoms with Crippen LogP contribution in [0.25, 0.3) is 0 Å². The molecule has 4 unspecified atom stereocenters. The smallest absolute Gasteiger partial charge is 0.306 e. The van der Waals surface area contributed by atoms with Crippen LogP contribution in [-0.2, 0) is 38.0 Å². The van der Waals surface area contributed by atoms with Crippen LogP contribution in [0.2, 0.25) is 0 Å². The van der Waals surface area contributed by atoms with Crippen molar-refractivity contribution in [2.24, 2.45) is 0 Å². The zero-order valence-electron chi connectivity index (χ0n) is 36.0. The Morgan fingerprint density at radius 1 is 0.525 bits per heavy atom. The number of aliphatic hydroxyl groups is 7. The lowest BCUT2D eigenvalue weighted by Gasteiger charge is -2.42. The lowest BCUT2D eigenvalue weighted by Crippen LogP contribution is -2.61. The van der Waals surface area contributed by atoms with Gasteiger partial charge < -0.3 is 64.2 Å². The average molecular weight is 849 g/mol. The van der Waals surface area contributed by atoms with Crippen LogP contribution in [0, 0.1) is 0 Å². The van der Waals surface area contributed by atoms with Crippen molar-refractivity contribution in [1.82, 2.24) is 0 Å². The van der Waals surface area contributed by atoms with Gasteiger partial charge in [0.2, 0.25) is 0 Å². The molecule has 0 bridgehead atoms. The van der Waals surface area contributed by atoms with Crippen LogP contribution < -0.4 is 0 Å². The molecule has 15 nitrogen and oxygen atoms in total. The van der Waals surface area contributed by atoms with E-state index in [4.69, 9.17) is 28.4 Å². The molecule has 2 saturated heterocycles. The van der Waals surface area contributed by atoms with E-state index in [9.17, 15) is 45.3 Å². The Labute approximate surface area is 352 Å². The molecule has 2 rings (SSSR count). The summed E-state index contributed by atoms with van der Waals surface area (Å²) in [5.41, 5.74) is 0. The lowest BCUT2D eigenvalue weighted by atomic mass is 9.98. The lowest BCUT2D eigenvalue weighted by molar-refractivity contribution is -0.332. The molecule has 2 heterocycles. The van der Waals surface area contributed by atoms with Crippen molar-refractivity contribution in [3.8, 4) is 0 Å². The summed E-state index contributed by atoms with van der Waals surface area (Å²) in [5, 5.41) is 71.7. The van der Waals surface area contributed by atoms with E-state index in [2.05, 4.69) is 26.0 Å². The predicted octanol–water partition coefficient (Wildman–Crippen LogP) is 4.65. The van der Waals surface area contributed by atoms with Crippen molar-refractivity contribution < 1.29 is 73.8 Å². The van der Waals surface area contributed by atoms with Gasteiger partial charge in [-0.3, -0.25) is 9.59 Å². The molecule has 0 radical (unpaired) electrons. The normalized spacial score (nSPS) is 27.9. The molecule has 2 aliphatic heterocycles. The number of unbranched alkanes of at least 4 members (excludes halogenated alkanes) is 18. The van der Waals surface area contributed by atoms with Crippen molar-refractivity contribution >= 4 is 11.9 Å². The summed E-state index contributed by atoms with van der Waals surface area (Å²) >= 11 is 0. The minimum absolute atomic E-state index is 0.166. The van der Waals surface area contributed by atoms with Gasteiger partial charge in [0.15, 0.2) is 18.7 Å². The van der Waals surface area contributed by atoms with Crippen LogP contribution in [0.3, 0.4) is 0 Å². The van der Waals surface area contributed by atoms with E-state index in [1.54, 1.807) is 0 Å². The summed E-state index contributed by atoms with van der Waals surface area (Å²) < 4.78 is 33.4. The largest absolute Gasteiger partial charge is 0.462 e. The molecule has 0 spiro atoms. The van der Waals surface area contributed by atoms with Gasteiger partial charge in [0.25, 0.3) is 0 Å². The highest BCUT2D eigenvalue weighted by molar-refractivity contribution is 5.70. The van der Waals surface area contributed by atoms with Crippen LogP contribution in [-0.4, -0.2) is 142 Å². The number of allylic oxidation sites excluding steroid dienone is 2. The Bertz CT molecular complexity index is 1090. The molecule has 15 heteroatoms. The number of esters is 2. The van der Waals surface area contributed by atoms with Crippen LogP contribution in [0.5, 0.6) is 0 Å². The molecule has 0 aromatic rings. The average Bonchev–Trinajstić information content (AvgIpc) is 3.23. The molecule has 2 aliphatic rings. The molecule has 346 valence electrons. The molecule has 11 atom stereocenters. The Morgan fingerprint density at radius 3 is 1.49 bits per heavy atom. The second-order valence-electron chi connectivity index (χ2n) is 16.2. The number of hydrogen-bond donors (Lipinski definition) is 7. The van der Waals surface area contributed by atoms with Gasteiger partial charge in [-0.15, -0.1) is 0 Å². The van der Waals surface area contributed by atoms with E-state index >= 15 is 0 Å². The number of hydrogen-bond acceptors (Lipinski definition) is 15. The fourth-order valence-corrected chi connectivity index (χ4v) is 7.15. The van der Waals surface area contributed by atoms with Crippen LogP contribution in [0.1, 0.15) is 162 Å². The first-order valence-corrected chi connectivity index (χ1v) is 22.8. The standard InChI is InChI=1S/C44H80O15/c1-3-5-7-9-11-13-14-15-16-17-18-19-21-22-24-26-35(46)54-29-32(57-36(47)27-25-23-20-12-10-8-6-4-2)30-55-43-42(53)40(51)38(49)34(59-43)31-56-44-41(52)39(50)37(48)33(28-45)58-44/h15-16,32-34,37-45,48-53H,3-14,17-31H2,1-2H3/b16-15+/t32-,33-,34-,37+,38+,39?,40?,41?,42?,43-,44-/m1/s1. The zero-order chi connectivity index (χ0) is 43.3. The summed E-state index contributed by atoms with van der Waals surface area (Å²) in [6.45, 7) is 2.52. The minimum atomic E-state index is -1.76. The van der Waals surface area contributed by atoms with E-state index in [0.29, 0.717) is 12.8 Å². The maximum atomic E-state index is 12.8. The van der Waals surface area contributed by atoms with Gasteiger partial charge in [-0.2, -0.15) is 0 Å². The Morgan fingerprint density at radius 2 is 0.966 bits per heavy atom. The van der Waals surface area contributed by atoms with Gasteiger partial charge in [0.05, 0.1) is 19.8 Å². The molecular formula is C44H80O15. The predicted molar refractivity (Wildman–Crippen MR) is 220 cm³/mol. The van der Waals surface area contributed by atoms with E-state index in [0.717, 1.165) is 57.8 Å². The van der Waals surface area contributed by atoms with Gasteiger partial charge in [-0.05, 0) is 38.5 Å². The maximum Gasteiger partial charge on any atom is 0.306 e. The van der Waals surface area contributed by atoms with Gasteiger partial charge in [-0.25, -0.2) is 0 Å². The van der Waals surface area contributed by atoms with Gasteiger partial charge >= 0.3 is 11.9 Å². The van der Waals surface area contributed by atoms with Crippen LogP contribution in [0.15, 0.2) is 12.2 Å². The highest BCUT2D eigenvalue weighted by Gasteiger charge is 2.47. The molecule has 7 N–H and O–H groups in total. The molecular weight excluding hydrogens is 768 g/mol. The summed E-state index contributed by atoms with van der Waals surface area (Å²) in [4.78, 5) is 25.5. The third-order valence-corrected chi connectivity index (χ3v) is 11.0. The van der Waals surface area contributed by atoms with Crippen molar-refractivity contribution in [3.05, 3.63) is 12.2 Å². The summed E-state index contributed by atoms with van der Waals surface area (Å²) in [5.74, 6) is -0.936. The van der Waals surface area contributed by atoms with Crippen molar-refractivity contribution in [2.45, 2.75) is 229 Å². The first-order valence-electron chi connectivity index (χ1n) is 22.8. The fourth-order valence-electron chi connectivity index (χ4n) is 7.15. The fraction of sp³-hybridized carbons (Fsp3) is 0.909. The SMILES string of the molecule is CCCCCCCC/C=C/CCCCCCCC(=O)OC[C@H](CO[C@@H]1O[C@H](CO[C@@H]2O[C@H](CO)[C@H](O)C(O)C2O)[C@H](O)C(O)C1O)OC(=O)CCCCCCCCCC. The number of rotatable bonds is 34. The van der Waals surface area contributed by atoms with E-state index in [1.807, 2.05) is 0 Å². The van der Waals surface area contributed by atoms with E-state index in [1.165, 1.54) is 64.2 Å². The number of carbonyl (C=O) groups is 2.